The fourth-order valence-electron chi connectivity index (χ4n) is 2.74. The van der Waals surface area contributed by atoms with Crippen molar-refractivity contribution in [3.8, 4) is 0 Å². The third kappa shape index (κ3) is 17.8. The summed E-state index contributed by atoms with van der Waals surface area (Å²) in [6, 6.07) is 0. The molecule has 0 fully saturated rings. The lowest BCUT2D eigenvalue weighted by molar-refractivity contribution is -0.925. The molecule has 0 rings (SSSR count). The normalized spacial score (nSPS) is 11.5. The quantitative estimate of drug-likeness (QED) is 0.206. The zero-order chi connectivity index (χ0) is 17.4. The lowest BCUT2D eigenvalue weighted by Crippen LogP contribution is -3.00. The van der Waals surface area contributed by atoms with Crippen molar-refractivity contribution in [2.45, 2.75) is 90.9 Å². The zero-order valence-corrected chi connectivity index (χ0v) is 17.3. The number of amides is 1. The average Bonchev–Trinajstić information content (AvgIpc) is 2.49. The first kappa shape index (κ1) is 25.7. The van der Waals surface area contributed by atoms with Crippen molar-refractivity contribution in [2.75, 3.05) is 20.6 Å². The predicted octanol–water partition coefficient (Wildman–Crippen LogP) is 2.38. The second-order valence-electron chi connectivity index (χ2n) is 7.26. The van der Waals surface area contributed by atoms with Crippen LogP contribution in [0, 0.1) is 0 Å². The fourth-order valence-corrected chi connectivity index (χ4v) is 2.74. The highest BCUT2D eigenvalue weighted by molar-refractivity contribution is 5.86. The van der Waals surface area contributed by atoms with Gasteiger partial charge in [0.2, 0.25) is 0 Å². The van der Waals surface area contributed by atoms with E-state index in [0.717, 1.165) is 19.4 Å². The van der Waals surface area contributed by atoms with Crippen molar-refractivity contribution < 1.29 is 21.8 Å². The molecule has 0 saturated heterocycles. The van der Waals surface area contributed by atoms with Gasteiger partial charge in [0.15, 0.2) is 0 Å². The highest BCUT2D eigenvalue weighted by Gasteiger charge is 2.16. The largest absolute Gasteiger partial charge is 1.00 e. The Balaban J connectivity index is 0. The topological polar surface area (TPSA) is 29.1 Å². The van der Waals surface area contributed by atoms with Crippen LogP contribution in [0.2, 0.25) is 0 Å². The van der Waals surface area contributed by atoms with E-state index in [1.54, 1.807) is 6.08 Å². The molecule has 0 heterocycles. The summed E-state index contributed by atoms with van der Waals surface area (Å²) in [6.07, 6.45) is 19.2. The molecule has 0 aromatic carbocycles. The van der Waals surface area contributed by atoms with Crippen LogP contribution in [0.25, 0.3) is 0 Å². The molecule has 3 nitrogen and oxygen atoms in total. The monoisotopic (exact) mass is 360 g/mol. The average molecular weight is 361 g/mol. The van der Waals surface area contributed by atoms with Crippen molar-refractivity contribution in [2.24, 2.45) is 0 Å². The summed E-state index contributed by atoms with van der Waals surface area (Å²) in [5.41, 5.74) is 3.06. The highest BCUT2D eigenvalue weighted by Crippen LogP contribution is 2.11. The van der Waals surface area contributed by atoms with Crippen LogP contribution in [-0.4, -0.2) is 31.1 Å². The van der Waals surface area contributed by atoms with E-state index in [4.69, 9.17) is 0 Å². The Morgan fingerprint density at radius 1 is 0.833 bits per heavy atom. The third-order valence-corrected chi connectivity index (χ3v) is 4.21. The van der Waals surface area contributed by atoms with Gasteiger partial charge in [-0.15, -0.1) is 0 Å². The van der Waals surface area contributed by atoms with E-state index in [9.17, 15) is 4.79 Å². The first-order valence-corrected chi connectivity index (χ1v) is 9.83. The van der Waals surface area contributed by atoms with Crippen LogP contribution in [0.5, 0.6) is 0 Å². The Labute approximate surface area is 157 Å². The van der Waals surface area contributed by atoms with Gasteiger partial charge in [0.1, 0.15) is 6.54 Å². The maximum absolute atomic E-state index is 11.8. The summed E-state index contributed by atoms with van der Waals surface area (Å²) in [5.74, 6) is 0.0236. The molecule has 0 aromatic rings. The first-order valence-electron chi connectivity index (χ1n) is 9.83. The minimum absolute atomic E-state index is 0. The summed E-state index contributed by atoms with van der Waals surface area (Å²) < 4.78 is 0.576. The van der Waals surface area contributed by atoms with Gasteiger partial charge in [-0.2, -0.15) is 5.43 Å². The molecule has 4 heteroatoms. The van der Waals surface area contributed by atoms with E-state index in [1.165, 1.54) is 64.2 Å². The summed E-state index contributed by atoms with van der Waals surface area (Å²) in [4.78, 5) is 11.8. The molecular weight excluding hydrogens is 320 g/mol. The molecule has 0 saturated carbocycles. The Hall–Kier alpha value is -0.540. The molecule has 0 bridgehead atoms. The van der Waals surface area contributed by atoms with E-state index in [0.29, 0.717) is 4.59 Å². The molecular formula is C20H41ClN2O. The van der Waals surface area contributed by atoms with Crippen LogP contribution < -0.4 is 17.8 Å². The number of allylic oxidation sites excluding steroid dienone is 1. The van der Waals surface area contributed by atoms with Gasteiger partial charge in [-0.05, 0) is 19.3 Å². The number of rotatable bonds is 15. The Morgan fingerprint density at radius 3 is 1.83 bits per heavy atom. The van der Waals surface area contributed by atoms with Gasteiger partial charge in [0, 0.05) is 6.08 Å². The van der Waals surface area contributed by atoms with Crippen LogP contribution in [0.15, 0.2) is 12.2 Å². The van der Waals surface area contributed by atoms with Crippen LogP contribution in [0.3, 0.4) is 0 Å². The lowest BCUT2D eigenvalue weighted by atomic mass is 10.1. The number of hydrogen-bond acceptors (Lipinski definition) is 1. The van der Waals surface area contributed by atoms with Gasteiger partial charge in [0.05, 0.1) is 14.1 Å². The second-order valence-corrected chi connectivity index (χ2v) is 7.26. The molecule has 1 N–H and O–H groups in total. The van der Waals surface area contributed by atoms with Crippen molar-refractivity contribution in [1.82, 2.24) is 5.43 Å². The third-order valence-electron chi connectivity index (χ3n) is 4.21. The molecule has 0 aliphatic carbocycles. The van der Waals surface area contributed by atoms with Gasteiger partial charge in [0.25, 0.3) is 5.91 Å². The van der Waals surface area contributed by atoms with Crippen molar-refractivity contribution in [3.63, 3.8) is 0 Å². The number of nitrogens with zero attached hydrogens (tertiary/aromatic N) is 1. The summed E-state index contributed by atoms with van der Waals surface area (Å²) in [6.45, 7) is 5.39. The number of carbonyl (C=O) groups is 1. The maximum atomic E-state index is 11.8. The molecule has 0 aromatic heterocycles. The van der Waals surface area contributed by atoms with E-state index in [-0.39, 0.29) is 18.3 Å². The molecule has 144 valence electrons. The number of quaternary nitrogens is 1. The summed E-state index contributed by atoms with van der Waals surface area (Å²) >= 11 is 0. The molecule has 0 unspecified atom stereocenters. The molecule has 1 amide bonds. The van der Waals surface area contributed by atoms with Crippen LogP contribution in [0.1, 0.15) is 90.9 Å². The zero-order valence-electron chi connectivity index (χ0n) is 16.6. The van der Waals surface area contributed by atoms with Crippen LogP contribution >= 0.6 is 0 Å². The van der Waals surface area contributed by atoms with E-state index < -0.39 is 0 Å². The van der Waals surface area contributed by atoms with E-state index in [2.05, 4.69) is 33.4 Å². The number of halogens is 1. The minimum Gasteiger partial charge on any atom is -1.00 e. The SMILES string of the molecule is CCCC=CC(=O)N[N+](C)(C)CCCCCCCCCCCC.[Cl-]. The summed E-state index contributed by atoms with van der Waals surface area (Å²) in [5, 5.41) is 0. The van der Waals surface area contributed by atoms with Gasteiger partial charge in [-0.1, -0.05) is 77.7 Å². The highest BCUT2D eigenvalue weighted by atomic mass is 35.5. The van der Waals surface area contributed by atoms with Crippen LogP contribution in [-0.2, 0) is 4.79 Å². The molecule has 0 radical (unpaired) electrons. The van der Waals surface area contributed by atoms with Crippen molar-refractivity contribution in [1.29, 1.82) is 0 Å². The number of nitrogens with one attached hydrogen (secondary N) is 1. The molecule has 0 spiro atoms. The standard InChI is InChI=1S/C20H40N2O.ClH/c1-5-7-9-10-11-12-13-14-15-17-19-22(3,4)21-20(23)18-16-8-6-2;/h16,18H,5-15,17,19H2,1-4H3;1H. The predicted molar refractivity (Wildman–Crippen MR) is 101 cm³/mol. The first-order chi connectivity index (χ1) is 11.0. The lowest BCUT2D eigenvalue weighted by Gasteiger charge is -2.28. The molecule has 0 aliphatic rings. The van der Waals surface area contributed by atoms with E-state index in [1.807, 2.05) is 6.08 Å². The van der Waals surface area contributed by atoms with Crippen molar-refractivity contribution >= 4 is 5.91 Å². The van der Waals surface area contributed by atoms with Crippen LogP contribution in [0.4, 0.5) is 0 Å². The summed E-state index contributed by atoms with van der Waals surface area (Å²) in [7, 11) is 4.14. The minimum atomic E-state index is 0. The van der Waals surface area contributed by atoms with E-state index >= 15 is 0 Å². The maximum Gasteiger partial charge on any atom is 0.288 e. The Bertz CT molecular complexity index is 317. The fraction of sp³-hybridized carbons (Fsp3) is 0.850. The number of hydrogen-bond donors (Lipinski definition) is 1. The Kier molecular flexibility index (Phi) is 18.5. The molecule has 0 aliphatic heterocycles. The number of unbranched alkanes of at least 4 members (excludes halogenated alkanes) is 10. The van der Waals surface area contributed by atoms with Gasteiger partial charge < -0.3 is 12.4 Å². The Morgan fingerprint density at radius 2 is 1.33 bits per heavy atom. The van der Waals surface area contributed by atoms with Gasteiger partial charge in [-0.3, -0.25) is 4.79 Å². The van der Waals surface area contributed by atoms with Crippen molar-refractivity contribution in [3.05, 3.63) is 12.2 Å². The van der Waals surface area contributed by atoms with Gasteiger partial charge >= 0.3 is 0 Å². The van der Waals surface area contributed by atoms with Gasteiger partial charge in [-0.25, -0.2) is 4.59 Å². The molecule has 24 heavy (non-hydrogen) atoms. The molecule has 0 atom stereocenters. The number of carbonyl (C=O) groups excluding carboxylic acids is 1. The smallest absolute Gasteiger partial charge is 0.288 e. The second kappa shape index (κ2) is 17.3.